The van der Waals surface area contributed by atoms with Gasteiger partial charge in [-0.15, -0.1) is 0 Å². The molecule has 0 fully saturated rings. The molecular formula is C15H21ClO3. The zero-order chi connectivity index (χ0) is 14.6. The van der Waals surface area contributed by atoms with E-state index in [0.29, 0.717) is 11.4 Å². The third-order valence-electron chi connectivity index (χ3n) is 3.62. The van der Waals surface area contributed by atoms with E-state index >= 15 is 0 Å². The predicted molar refractivity (Wildman–Crippen MR) is 76.4 cm³/mol. The molecular weight excluding hydrogens is 264 g/mol. The first-order chi connectivity index (χ1) is 8.72. The first-order valence-corrected chi connectivity index (χ1v) is 6.80. The number of rotatable bonds is 6. The van der Waals surface area contributed by atoms with Crippen LogP contribution in [0, 0.1) is 11.8 Å². The minimum absolute atomic E-state index is 0.00807. The largest absolute Gasteiger partial charge is 0.481 e. The van der Waals surface area contributed by atoms with Crippen molar-refractivity contribution >= 4 is 17.6 Å². The van der Waals surface area contributed by atoms with Gasteiger partial charge in [-0.3, -0.25) is 4.79 Å². The van der Waals surface area contributed by atoms with E-state index in [1.54, 1.807) is 25.1 Å². The van der Waals surface area contributed by atoms with Crippen LogP contribution < -0.4 is 0 Å². The number of benzene rings is 1. The Hall–Kier alpha value is -1.06. The summed E-state index contributed by atoms with van der Waals surface area (Å²) in [6.45, 7) is 5.46. The summed E-state index contributed by atoms with van der Waals surface area (Å²) >= 11 is 5.89. The van der Waals surface area contributed by atoms with Crippen LogP contribution in [0.4, 0.5) is 0 Å². The van der Waals surface area contributed by atoms with Crippen molar-refractivity contribution in [3.8, 4) is 0 Å². The maximum Gasteiger partial charge on any atom is 0.306 e. The summed E-state index contributed by atoms with van der Waals surface area (Å²) in [7, 11) is 0. The van der Waals surface area contributed by atoms with Crippen LogP contribution in [-0.4, -0.2) is 21.8 Å². The quantitative estimate of drug-likeness (QED) is 0.842. The van der Waals surface area contributed by atoms with Gasteiger partial charge in [0.15, 0.2) is 0 Å². The fraction of sp³-hybridized carbons (Fsp3) is 0.533. The first kappa shape index (κ1) is 16.0. The Labute approximate surface area is 119 Å². The SMILES string of the molecule is CC(C)C(C)(O)CC(Cc1cccc(Cl)c1)C(=O)O. The van der Waals surface area contributed by atoms with E-state index < -0.39 is 17.5 Å². The van der Waals surface area contributed by atoms with Crippen molar-refractivity contribution < 1.29 is 15.0 Å². The fourth-order valence-corrected chi connectivity index (χ4v) is 2.14. The van der Waals surface area contributed by atoms with Crippen LogP contribution in [0.3, 0.4) is 0 Å². The molecule has 0 spiro atoms. The summed E-state index contributed by atoms with van der Waals surface area (Å²) in [4.78, 5) is 11.3. The van der Waals surface area contributed by atoms with Crippen LogP contribution >= 0.6 is 11.6 Å². The molecule has 0 radical (unpaired) electrons. The van der Waals surface area contributed by atoms with Crippen LogP contribution in [0.1, 0.15) is 32.8 Å². The third kappa shape index (κ3) is 4.84. The van der Waals surface area contributed by atoms with Gasteiger partial charge in [0.1, 0.15) is 0 Å². The smallest absolute Gasteiger partial charge is 0.306 e. The molecule has 0 aliphatic heterocycles. The summed E-state index contributed by atoms with van der Waals surface area (Å²) in [5.74, 6) is -1.49. The molecule has 0 aromatic heterocycles. The Bertz CT molecular complexity index is 441. The van der Waals surface area contributed by atoms with Crippen LogP contribution in [0.25, 0.3) is 0 Å². The maximum absolute atomic E-state index is 11.3. The second-order valence-corrected chi connectivity index (χ2v) is 6.02. The monoisotopic (exact) mass is 284 g/mol. The lowest BCUT2D eigenvalue weighted by molar-refractivity contribution is -0.144. The molecule has 106 valence electrons. The van der Waals surface area contributed by atoms with E-state index in [1.807, 2.05) is 19.9 Å². The van der Waals surface area contributed by atoms with Gasteiger partial charge in [0.2, 0.25) is 0 Å². The van der Waals surface area contributed by atoms with Crippen molar-refractivity contribution in [2.75, 3.05) is 0 Å². The van der Waals surface area contributed by atoms with Gasteiger partial charge in [-0.25, -0.2) is 0 Å². The summed E-state index contributed by atoms with van der Waals surface area (Å²) < 4.78 is 0. The highest BCUT2D eigenvalue weighted by Gasteiger charge is 2.32. The van der Waals surface area contributed by atoms with Gasteiger partial charge < -0.3 is 10.2 Å². The molecule has 0 amide bonds. The molecule has 2 atom stereocenters. The lowest BCUT2D eigenvalue weighted by Crippen LogP contribution is -2.36. The fourth-order valence-electron chi connectivity index (χ4n) is 1.93. The summed E-state index contributed by atoms with van der Waals surface area (Å²) in [5, 5.41) is 20.2. The maximum atomic E-state index is 11.3. The number of hydrogen-bond donors (Lipinski definition) is 2. The molecule has 3 nitrogen and oxygen atoms in total. The molecule has 1 rings (SSSR count). The van der Waals surface area contributed by atoms with Gasteiger partial charge >= 0.3 is 5.97 Å². The minimum Gasteiger partial charge on any atom is -0.481 e. The normalized spacial score (nSPS) is 16.1. The van der Waals surface area contributed by atoms with Crippen molar-refractivity contribution in [1.82, 2.24) is 0 Å². The molecule has 0 saturated carbocycles. The lowest BCUT2D eigenvalue weighted by atomic mass is 9.81. The Morgan fingerprint density at radius 1 is 1.42 bits per heavy atom. The van der Waals surface area contributed by atoms with E-state index in [0.717, 1.165) is 5.56 Å². The van der Waals surface area contributed by atoms with E-state index in [9.17, 15) is 15.0 Å². The highest BCUT2D eigenvalue weighted by atomic mass is 35.5. The minimum atomic E-state index is -0.984. The molecule has 2 N–H and O–H groups in total. The molecule has 0 aliphatic carbocycles. The van der Waals surface area contributed by atoms with Crippen molar-refractivity contribution in [3.63, 3.8) is 0 Å². The van der Waals surface area contributed by atoms with Crippen LogP contribution in [0.15, 0.2) is 24.3 Å². The van der Waals surface area contributed by atoms with Crippen molar-refractivity contribution in [2.45, 2.75) is 39.2 Å². The Morgan fingerprint density at radius 3 is 2.53 bits per heavy atom. The Balaban J connectivity index is 2.82. The van der Waals surface area contributed by atoms with Gasteiger partial charge in [0.05, 0.1) is 11.5 Å². The number of aliphatic hydroxyl groups is 1. The first-order valence-electron chi connectivity index (χ1n) is 6.42. The van der Waals surface area contributed by atoms with E-state index in [-0.39, 0.29) is 12.3 Å². The van der Waals surface area contributed by atoms with Crippen LogP contribution in [-0.2, 0) is 11.2 Å². The predicted octanol–water partition coefficient (Wildman–Crippen LogP) is 3.38. The summed E-state index contributed by atoms with van der Waals surface area (Å²) in [6, 6.07) is 7.18. The van der Waals surface area contributed by atoms with Crippen molar-refractivity contribution in [2.24, 2.45) is 11.8 Å². The topological polar surface area (TPSA) is 57.5 Å². The number of hydrogen-bond acceptors (Lipinski definition) is 2. The lowest BCUT2D eigenvalue weighted by Gasteiger charge is -2.30. The summed E-state index contributed by atoms with van der Waals surface area (Å²) in [6.07, 6.45) is 0.602. The second-order valence-electron chi connectivity index (χ2n) is 5.59. The van der Waals surface area contributed by atoms with Gasteiger partial charge in [0.25, 0.3) is 0 Å². The average molecular weight is 285 g/mol. The molecule has 0 bridgehead atoms. The molecule has 0 heterocycles. The second kappa shape index (κ2) is 6.40. The zero-order valence-corrected chi connectivity index (χ0v) is 12.3. The number of carbonyl (C=O) groups is 1. The molecule has 2 unspecified atom stereocenters. The van der Waals surface area contributed by atoms with Gasteiger partial charge in [-0.05, 0) is 43.4 Å². The van der Waals surface area contributed by atoms with Gasteiger partial charge in [0, 0.05) is 5.02 Å². The highest BCUT2D eigenvalue weighted by Crippen LogP contribution is 2.27. The molecule has 19 heavy (non-hydrogen) atoms. The Morgan fingerprint density at radius 2 is 2.05 bits per heavy atom. The zero-order valence-electron chi connectivity index (χ0n) is 11.6. The van der Waals surface area contributed by atoms with E-state index in [1.165, 1.54) is 0 Å². The molecule has 4 heteroatoms. The number of carboxylic acid groups (broad SMARTS) is 1. The van der Waals surface area contributed by atoms with Gasteiger partial charge in [-0.2, -0.15) is 0 Å². The summed E-state index contributed by atoms with van der Waals surface area (Å²) in [5.41, 5.74) is -0.110. The highest BCUT2D eigenvalue weighted by molar-refractivity contribution is 6.30. The van der Waals surface area contributed by atoms with Crippen LogP contribution in [0.2, 0.25) is 5.02 Å². The Kier molecular flexibility index (Phi) is 5.39. The van der Waals surface area contributed by atoms with Gasteiger partial charge in [-0.1, -0.05) is 37.6 Å². The molecule has 0 saturated heterocycles. The van der Waals surface area contributed by atoms with Crippen molar-refractivity contribution in [1.29, 1.82) is 0 Å². The van der Waals surface area contributed by atoms with Crippen LogP contribution in [0.5, 0.6) is 0 Å². The van der Waals surface area contributed by atoms with Crippen molar-refractivity contribution in [3.05, 3.63) is 34.9 Å². The average Bonchev–Trinajstić information content (AvgIpc) is 2.27. The van der Waals surface area contributed by atoms with E-state index in [2.05, 4.69) is 0 Å². The standard InChI is InChI=1S/C15H21ClO3/c1-10(2)15(3,19)9-12(14(17)18)7-11-5-4-6-13(16)8-11/h4-6,8,10,12,19H,7,9H2,1-3H3,(H,17,18). The number of carboxylic acids is 1. The molecule has 0 aliphatic rings. The number of halogens is 1. The number of aliphatic carboxylic acids is 1. The molecule has 1 aromatic carbocycles. The third-order valence-corrected chi connectivity index (χ3v) is 3.86. The van der Waals surface area contributed by atoms with E-state index in [4.69, 9.17) is 11.6 Å². The molecule has 1 aromatic rings.